The van der Waals surface area contributed by atoms with E-state index in [4.69, 9.17) is 5.73 Å². The Hall–Kier alpha value is -2.41. The zero-order valence-corrected chi connectivity index (χ0v) is 11.2. The summed E-state index contributed by atoms with van der Waals surface area (Å²) in [4.78, 5) is 4.30. The first-order valence-electron chi connectivity index (χ1n) is 6.44. The zero-order valence-electron chi connectivity index (χ0n) is 11.2. The molecule has 0 unspecified atom stereocenters. The molecule has 2 N–H and O–H groups in total. The van der Waals surface area contributed by atoms with Gasteiger partial charge in [-0.25, -0.2) is 9.37 Å². The number of fused-ring (bicyclic) bond motifs is 1. The molecule has 2 aromatic heterocycles. The normalized spacial score (nSPS) is 12.0. The molecule has 0 saturated heterocycles. The van der Waals surface area contributed by atoms with Crippen LogP contribution in [0.25, 0.3) is 16.9 Å². The number of hydrogen-bond acceptors (Lipinski definition) is 2. The second kappa shape index (κ2) is 5.10. The van der Waals surface area contributed by atoms with E-state index in [1.807, 2.05) is 0 Å². The summed E-state index contributed by atoms with van der Waals surface area (Å²) in [5.41, 5.74) is 6.73. The standard InChI is InChI=1S/C15H11F4N3/c16-11-4-1-9(2-5-11)14-12(7-20)22-8-10(15(17,18)19)3-6-13(22)21-14/h1-6,8H,7,20H2. The van der Waals surface area contributed by atoms with Crippen LogP contribution in [0.5, 0.6) is 0 Å². The molecule has 114 valence electrons. The first kappa shape index (κ1) is 14.5. The minimum Gasteiger partial charge on any atom is -0.325 e. The van der Waals surface area contributed by atoms with Gasteiger partial charge in [0, 0.05) is 18.3 Å². The molecular formula is C15H11F4N3. The fraction of sp³-hybridized carbons (Fsp3) is 0.133. The van der Waals surface area contributed by atoms with E-state index in [1.54, 1.807) is 0 Å². The summed E-state index contributed by atoms with van der Waals surface area (Å²) < 4.78 is 52.8. The molecule has 0 radical (unpaired) electrons. The molecule has 3 rings (SSSR count). The van der Waals surface area contributed by atoms with E-state index >= 15 is 0 Å². The van der Waals surface area contributed by atoms with Crippen LogP contribution in [0, 0.1) is 5.82 Å². The van der Waals surface area contributed by atoms with Gasteiger partial charge in [0.15, 0.2) is 0 Å². The maximum atomic E-state index is 13.0. The average molecular weight is 309 g/mol. The fourth-order valence-electron chi connectivity index (χ4n) is 2.29. The van der Waals surface area contributed by atoms with Gasteiger partial charge in [-0.15, -0.1) is 0 Å². The average Bonchev–Trinajstić information content (AvgIpc) is 2.84. The third kappa shape index (κ3) is 2.43. The van der Waals surface area contributed by atoms with E-state index in [1.165, 1.54) is 34.7 Å². The maximum absolute atomic E-state index is 13.0. The summed E-state index contributed by atoms with van der Waals surface area (Å²) in [6, 6.07) is 7.82. The van der Waals surface area contributed by atoms with Gasteiger partial charge < -0.3 is 10.1 Å². The van der Waals surface area contributed by atoms with Crippen molar-refractivity contribution in [2.75, 3.05) is 0 Å². The van der Waals surface area contributed by atoms with Gasteiger partial charge in [-0.05, 0) is 36.4 Å². The first-order chi connectivity index (χ1) is 10.4. The number of pyridine rings is 1. The molecule has 2 heterocycles. The van der Waals surface area contributed by atoms with Crippen molar-refractivity contribution in [2.45, 2.75) is 12.7 Å². The summed E-state index contributed by atoms with van der Waals surface area (Å²) in [5, 5.41) is 0. The lowest BCUT2D eigenvalue weighted by Gasteiger charge is -2.08. The summed E-state index contributed by atoms with van der Waals surface area (Å²) >= 11 is 0. The Morgan fingerprint density at radius 3 is 2.32 bits per heavy atom. The predicted octanol–water partition coefficient (Wildman–Crippen LogP) is 3.62. The molecule has 0 aliphatic rings. The lowest BCUT2D eigenvalue weighted by Crippen LogP contribution is -2.08. The molecule has 0 bridgehead atoms. The fourth-order valence-corrected chi connectivity index (χ4v) is 2.29. The van der Waals surface area contributed by atoms with Crippen LogP contribution in [-0.2, 0) is 12.7 Å². The van der Waals surface area contributed by atoms with Crippen LogP contribution in [0.4, 0.5) is 17.6 Å². The molecular weight excluding hydrogens is 298 g/mol. The highest BCUT2D eigenvalue weighted by molar-refractivity contribution is 5.66. The molecule has 0 spiro atoms. The van der Waals surface area contributed by atoms with Crippen molar-refractivity contribution in [3.8, 4) is 11.3 Å². The van der Waals surface area contributed by atoms with Crippen LogP contribution < -0.4 is 5.73 Å². The molecule has 22 heavy (non-hydrogen) atoms. The van der Waals surface area contributed by atoms with Gasteiger partial charge in [0.1, 0.15) is 11.5 Å². The molecule has 0 saturated carbocycles. The van der Waals surface area contributed by atoms with E-state index in [-0.39, 0.29) is 6.54 Å². The molecule has 3 nitrogen and oxygen atoms in total. The Balaban J connectivity index is 2.22. The monoisotopic (exact) mass is 309 g/mol. The number of rotatable bonds is 2. The van der Waals surface area contributed by atoms with Crippen molar-refractivity contribution in [1.29, 1.82) is 0 Å². The number of alkyl halides is 3. The highest BCUT2D eigenvalue weighted by Crippen LogP contribution is 2.31. The summed E-state index contributed by atoms with van der Waals surface area (Å²) in [7, 11) is 0. The topological polar surface area (TPSA) is 43.3 Å². The number of halogens is 4. The summed E-state index contributed by atoms with van der Waals surface area (Å²) in [6.07, 6.45) is -3.47. The molecule has 7 heteroatoms. The zero-order chi connectivity index (χ0) is 15.9. The van der Waals surface area contributed by atoms with Crippen LogP contribution in [0.3, 0.4) is 0 Å². The minimum absolute atomic E-state index is 0.00911. The van der Waals surface area contributed by atoms with Gasteiger partial charge in [0.2, 0.25) is 0 Å². The molecule has 0 amide bonds. The predicted molar refractivity (Wildman–Crippen MR) is 73.5 cm³/mol. The number of nitrogens with two attached hydrogens (primary N) is 1. The molecule has 0 aliphatic heterocycles. The molecule has 0 aliphatic carbocycles. The number of aromatic nitrogens is 2. The Bertz CT molecular complexity index is 819. The summed E-state index contributed by atoms with van der Waals surface area (Å²) in [5.74, 6) is -0.402. The van der Waals surface area contributed by atoms with Crippen molar-refractivity contribution < 1.29 is 17.6 Å². The lowest BCUT2D eigenvalue weighted by molar-refractivity contribution is -0.137. The van der Waals surface area contributed by atoms with Gasteiger partial charge in [0.25, 0.3) is 0 Å². The van der Waals surface area contributed by atoms with Crippen LogP contribution >= 0.6 is 0 Å². The molecule has 1 aromatic carbocycles. The van der Waals surface area contributed by atoms with Crippen LogP contribution in [0.15, 0.2) is 42.6 Å². The highest BCUT2D eigenvalue weighted by Gasteiger charge is 2.31. The van der Waals surface area contributed by atoms with Gasteiger partial charge in [-0.2, -0.15) is 13.2 Å². The third-order valence-corrected chi connectivity index (χ3v) is 3.36. The van der Waals surface area contributed by atoms with Crippen LogP contribution in [0.1, 0.15) is 11.3 Å². The molecule has 3 aromatic rings. The SMILES string of the molecule is NCc1c(-c2ccc(F)cc2)nc2ccc(C(F)(F)F)cn12. The van der Waals surface area contributed by atoms with E-state index in [2.05, 4.69) is 4.98 Å². The van der Waals surface area contributed by atoms with Gasteiger partial charge >= 0.3 is 6.18 Å². The number of imidazole rings is 1. The van der Waals surface area contributed by atoms with Crippen LogP contribution in [0.2, 0.25) is 0 Å². The second-order valence-electron chi connectivity index (χ2n) is 4.76. The quantitative estimate of drug-likeness (QED) is 0.735. The third-order valence-electron chi connectivity index (χ3n) is 3.36. The highest BCUT2D eigenvalue weighted by atomic mass is 19.4. The van der Waals surface area contributed by atoms with E-state index in [0.717, 1.165) is 12.3 Å². The van der Waals surface area contributed by atoms with Crippen LogP contribution in [-0.4, -0.2) is 9.38 Å². The van der Waals surface area contributed by atoms with Crippen molar-refractivity contribution in [2.24, 2.45) is 5.73 Å². The first-order valence-corrected chi connectivity index (χ1v) is 6.44. The Labute approximate surface area is 123 Å². The smallest absolute Gasteiger partial charge is 0.325 e. The minimum atomic E-state index is -4.44. The largest absolute Gasteiger partial charge is 0.417 e. The Morgan fingerprint density at radius 1 is 1.05 bits per heavy atom. The Kier molecular flexibility index (Phi) is 3.37. The lowest BCUT2D eigenvalue weighted by atomic mass is 10.1. The second-order valence-corrected chi connectivity index (χ2v) is 4.76. The molecule has 0 atom stereocenters. The van der Waals surface area contributed by atoms with E-state index in [9.17, 15) is 17.6 Å². The molecule has 0 fully saturated rings. The van der Waals surface area contributed by atoms with Crippen molar-refractivity contribution >= 4 is 5.65 Å². The Morgan fingerprint density at radius 2 is 1.73 bits per heavy atom. The van der Waals surface area contributed by atoms with Crippen molar-refractivity contribution in [1.82, 2.24) is 9.38 Å². The number of hydrogen-bond donors (Lipinski definition) is 1. The van der Waals surface area contributed by atoms with Crippen molar-refractivity contribution in [3.05, 3.63) is 59.7 Å². The van der Waals surface area contributed by atoms with Crippen molar-refractivity contribution in [3.63, 3.8) is 0 Å². The maximum Gasteiger partial charge on any atom is 0.417 e. The van der Waals surface area contributed by atoms with Gasteiger partial charge in [-0.1, -0.05) is 0 Å². The van der Waals surface area contributed by atoms with Gasteiger partial charge in [0.05, 0.1) is 17.0 Å². The van der Waals surface area contributed by atoms with E-state index in [0.29, 0.717) is 22.6 Å². The summed E-state index contributed by atoms with van der Waals surface area (Å²) in [6.45, 7) is 0.00911. The number of benzene rings is 1. The van der Waals surface area contributed by atoms with Gasteiger partial charge in [-0.3, -0.25) is 0 Å². The van der Waals surface area contributed by atoms with E-state index < -0.39 is 17.6 Å². The number of nitrogens with zero attached hydrogens (tertiary/aromatic N) is 2.